The van der Waals surface area contributed by atoms with E-state index in [9.17, 15) is 4.79 Å². The number of aryl methyl sites for hydroxylation is 1. The third kappa shape index (κ3) is 3.38. The Kier molecular flexibility index (Phi) is 5.02. The predicted molar refractivity (Wildman–Crippen MR) is 76.6 cm³/mol. The maximum Gasteiger partial charge on any atom is 0.223 e. The number of carbonyl (C=O) groups excluding carboxylic acids is 1. The summed E-state index contributed by atoms with van der Waals surface area (Å²) < 4.78 is 2.14. The monoisotopic (exact) mass is 263 g/mol. The summed E-state index contributed by atoms with van der Waals surface area (Å²) in [6.07, 6.45) is 8.05. The van der Waals surface area contributed by atoms with Crippen LogP contribution >= 0.6 is 0 Å². The number of nitrogens with zero attached hydrogens (tertiary/aromatic N) is 2. The Bertz CT molecular complexity index is 413. The van der Waals surface area contributed by atoms with Crippen LogP contribution in [0.3, 0.4) is 0 Å². The SMILES string of the molecule is Cn1cccc1C1CCCCCN1C(=O)CCCN. The van der Waals surface area contributed by atoms with Crippen molar-refractivity contribution in [3.63, 3.8) is 0 Å². The van der Waals surface area contributed by atoms with Gasteiger partial charge in [0.05, 0.1) is 6.04 Å². The first-order valence-corrected chi connectivity index (χ1v) is 7.35. The molecule has 0 saturated carbocycles. The maximum absolute atomic E-state index is 12.4. The number of hydrogen-bond donors (Lipinski definition) is 1. The average Bonchev–Trinajstić information content (AvgIpc) is 2.69. The van der Waals surface area contributed by atoms with Crippen LogP contribution in [0.15, 0.2) is 18.3 Å². The Morgan fingerprint density at radius 2 is 2.26 bits per heavy atom. The fraction of sp³-hybridized carbons (Fsp3) is 0.667. The van der Waals surface area contributed by atoms with Crippen molar-refractivity contribution in [2.75, 3.05) is 13.1 Å². The Morgan fingerprint density at radius 1 is 1.42 bits per heavy atom. The van der Waals surface area contributed by atoms with Crippen LogP contribution in [-0.2, 0) is 11.8 Å². The number of amides is 1. The van der Waals surface area contributed by atoms with Gasteiger partial charge in [-0.1, -0.05) is 12.8 Å². The van der Waals surface area contributed by atoms with Gasteiger partial charge in [-0.25, -0.2) is 0 Å². The van der Waals surface area contributed by atoms with Crippen molar-refractivity contribution in [1.29, 1.82) is 0 Å². The predicted octanol–water partition coefficient (Wildman–Crippen LogP) is 2.21. The average molecular weight is 263 g/mol. The number of nitrogens with two attached hydrogens (primary N) is 1. The highest BCUT2D eigenvalue weighted by molar-refractivity contribution is 5.76. The number of rotatable bonds is 4. The molecule has 1 amide bonds. The Balaban J connectivity index is 2.16. The Morgan fingerprint density at radius 3 is 2.95 bits per heavy atom. The number of aromatic nitrogens is 1. The van der Waals surface area contributed by atoms with E-state index in [1.807, 2.05) is 0 Å². The molecule has 1 aliphatic heterocycles. The molecule has 2 heterocycles. The van der Waals surface area contributed by atoms with Gasteiger partial charge in [0.25, 0.3) is 0 Å². The van der Waals surface area contributed by atoms with Crippen LogP contribution in [0.5, 0.6) is 0 Å². The molecule has 0 radical (unpaired) electrons. The van der Waals surface area contributed by atoms with Crippen molar-refractivity contribution in [3.05, 3.63) is 24.0 Å². The summed E-state index contributed by atoms with van der Waals surface area (Å²) in [7, 11) is 2.06. The Labute approximate surface area is 115 Å². The van der Waals surface area contributed by atoms with E-state index >= 15 is 0 Å². The van der Waals surface area contributed by atoms with Gasteiger partial charge in [0.1, 0.15) is 0 Å². The van der Waals surface area contributed by atoms with Gasteiger partial charge in [-0.05, 0) is 37.9 Å². The van der Waals surface area contributed by atoms with Crippen molar-refractivity contribution in [1.82, 2.24) is 9.47 Å². The van der Waals surface area contributed by atoms with Crippen LogP contribution < -0.4 is 5.73 Å². The zero-order valence-electron chi connectivity index (χ0n) is 11.8. The van der Waals surface area contributed by atoms with Gasteiger partial charge in [0.2, 0.25) is 5.91 Å². The first-order valence-electron chi connectivity index (χ1n) is 7.35. The maximum atomic E-state index is 12.4. The smallest absolute Gasteiger partial charge is 0.223 e. The van der Waals surface area contributed by atoms with Crippen molar-refractivity contribution in [3.8, 4) is 0 Å². The molecule has 0 aromatic carbocycles. The standard InChI is InChI=1S/C15H25N3O/c1-17-11-6-8-13(17)14-7-3-2-4-12-18(14)15(19)9-5-10-16/h6,8,11,14H,2-5,7,9-10,12,16H2,1H3. The van der Waals surface area contributed by atoms with E-state index in [0.717, 1.165) is 25.8 Å². The van der Waals surface area contributed by atoms with Gasteiger partial charge in [0.15, 0.2) is 0 Å². The normalized spacial score (nSPS) is 20.3. The van der Waals surface area contributed by atoms with E-state index in [1.54, 1.807) is 0 Å². The summed E-state index contributed by atoms with van der Waals surface area (Å²) in [6, 6.07) is 4.44. The highest BCUT2D eigenvalue weighted by atomic mass is 16.2. The lowest BCUT2D eigenvalue weighted by atomic mass is 10.1. The van der Waals surface area contributed by atoms with Gasteiger partial charge in [-0.2, -0.15) is 0 Å². The molecule has 1 aromatic rings. The highest BCUT2D eigenvalue weighted by Crippen LogP contribution is 2.30. The number of likely N-dealkylation sites (tertiary alicyclic amines) is 1. The van der Waals surface area contributed by atoms with E-state index in [1.165, 1.54) is 18.5 Å². The fourth-order valence-corrected chi connectivity index (χ4v) is 2.93. The molecule has 0 aliphatic carbocycles. The van der Waals surface area contributed by atoms with Crippen molar-refractivity contribution in [2.45, 2.75) is 44.6 Å². The van der Waals surface area contributed by atoms with Crippen LogP contribution in [0.2, 0.25) is 0 Å². The van der Waals surface area contributed by atoms with Gasteiger partial charge in [-0.3, -0.25) is 4.79 Å². The molecule has 19 heavy (non-hydrogen) atoms. The minimum Gasteiger partial charge on any atom is -0.353 e. The van der Waals surface area contributed by atoms with Crippen molar-refractivity contribution >= 4 is 5.91 Å². The van der Waals surface area contributed by atoms with Crippen LogP contribution in [-0.4, -0.2) is 28.5 Å². The molecule has 4 heteroatoms. The quantitative estimate of drug-likeness (QED) is 0.905. The number of hydrogen-bond acceptors (Lipinski definition) is 2. The lowest BCUT2D eigenvalue weighted by molar-refractivity contribution is -0.133. The molecule has 106 valence electrons. The third-order valence-corrected chi connectivity index (χ3v) is 3.99. The molecule has 1 atom stereocenters. The van der Waals surface area contributed by atoms with Crippen LogP contribution in [0.25, 0.3) is 0 Å². The van der Waals surface area contributed by atoms with Crippen LogP contribution in [0.4, 0.5) is 0 Å². The summed E-state index contributed by atoms with van der Waals surface area (Å²) in [6.45, 7) is 1.48. The molecule has 1 unspecified atom stereocenters. The number of carbonyl (C=O) groups is 1. The topological polar surface area (TPSA) is 51.3 Å². The van der Waals surface area contributed by atoms with Gasteiger partial charge in [0, 0.05) is 31.9 Å². The second-order valence-electron chi connectivity index (χ2n) is 5.39. The lowest BCUT2D eigenvalue weighted by Crippen LogP contribution is -2.35. The molecule has 1 aromatic heterocycles. The molecule has 2 rings (SSSR count). The lowest BCUT2D eigenvalue weighted by Gasteiger charge is -2.30. The molecule has 4 nitrogen and oxygen atoms in total. The van der Waals surface area contributed by atoms with Gasteiger partial charge >= 0.3 is 0 Å². The highest BCUT2D eigenvalue weighted by Gasteiger charge is 2.27. The Hall–Kier alpha value is -1.29. The molecule has 1 fully saturated rings. The minimum absolute atomic E-state index is 0.243. The summed E-state index contributed by atoms with van der Waals surface area (Å²) in [5.74, 6) is 0.263. The van der Waals surface area contributed by atoms with E-state index < -0.39 is 0 Å². The molecular formula is C15H25N3O. The van der Waals surface area contributed by atoms with E-state index in [2.05, 4.69) is 34.8 Å². The second-order valence-corrected chi connectivity index (χ2v) is 5.39. The molecule has 1 aliphatic rings. The molecule has 0 spiro atoms. The first kappa shape index (κ1) is 14.1. The van der Waals surface area contributed by atoms with E-state index in [-0.39, 0.29) is 11.9 Å². The molecule has 0 bridgehead atoms. The van der Waals surface area contributed by atoms with Gasteiger partial charge < -0.3 is 15.2 Å². The first-order chi connectivity index (χ1) is 9.24. The molecule has 2 N–H and O–H groups in total. The second kappa shape index (κ2) is 6.75. The molecule has 1 saturated heterocycles. The largest absolute Gasteiger partial charge is 0.353 e. The van der Waals surface area contributed by atoms with E-state index in [4.69, 9.17) is 5.73 Å². The zero-order valence-corrected chi connectivity index (χ0v) is 11.8. The van der Waals surface area contributed by atoms with Crippen molar-refractivity contribution < 1.29 is 4.79 Å². The fourth-order valence-electron chi connectivity index (χ4n) is 2.93. The van der Waals surface area contributed by atoms with Crippen molar-refractivity contribution in [2.24, 2.45) is 12.8 Å². The van der Waals surface area contributed by atoms with Crippen LogP contribution in [0.1, 0.15) is 50.3 Å². The molecular weight excluding hydrogens is 238 g/mol. The summed E-state index contributed by atoms with van der Waals surface area (Å²) >= 11 is 0. The summed E-state index contributed by atoms with van der Waals surface area (Å²) in [5.41, 5.74) is 6.77. The zero-order chi connectivity index (χ0) is 13.7. The van der Waals surface area contributed by atoms with Gasteiger partial charge in [-0.15, -0.1) is 0 Å². The summed E-state index contributed by atoms with van der Waals surface area (Å²) in [4.78, 5) is 14.5. The minimum atomic E-state index is 0.243. The third-order valence-electron chi connectivity index (χ3n) is 3.99. The van der Waals surface area contributed by atoms with Crippen LogP contribution in [0, 0.1) is 0 Å². The summed E-state index contributed by atoms with van der Waals surface area (Å²) in [5, 5.41) is 0. The van der Waals surface area contributed by atoms with E-state index in [0.29, 0.717) is 13.0 Å².